The first-order valence-electron chi connectivity index (χ1n) is 11.6. The number of hydrogen-bond acceptors (Lipinski definition) is 8. The molecule has 0 saturated heterocycles. The summed E-state index contributed by atoms with van der Waals surface area (Å²) in [6.07, 6.45) is -1.71. The van der Waals surface area contributed by atoms with Crippen molar-refractivity contribution in [3.05, 3.63) is 59.3 Å². The number of hydrogen-bond donors (Lipinski definition) is 2. The number of aryl methyl sites for hydroxylation is 1. The van der Waals surface area contributed by atoms with Gasteiger partial charge >= 0.3 is 6.18 Å². The van der Waals surface area contributed by atoms with E-state index < -0.39 is 24.5 Å². The van der Waals surface area contributed by atoms with Gasteiger partial charge in [-0.15, -0.1) is 0 Å². The number of amides is 1. The number of nitrogens with zero attached hydrogens (tertiary/aromatic N) is 5. The number of nitrogens with one attached hydrogen (secondary N) is 2. The van der Waals surface area contributed by atoms with Crippen molar-refractivity contribution in [3.63, 3.8) is 0 Å². The van der Waals surface area contributed by atoms with Gasteiger partial charge in [-0.05, 0) is 48.6 Å². The minimum atomic E-state index is -4.61. The van der Waals surface area contributed by atoms with Crippen LogP contribution in [-0.4, -0.2) is 45.2 Å². The van der Waals surface area contributed by atoms with E-state index in [1.807, 2.05) is 13.8 Å². The Kier molecular flexibility index (Phi) is 7.64. The fourth-order valence-electron chi connectivity index (χ4n) is 4.00. The predicted octanol–water partition coefficient (Wildman–Crippen LogP) is 6.00. The number of carbonyl (C=O) groups excluding carboxylic acids is 1. The lowest BCUT2D eigenvalue weighted by molar-refractivity contribution is -0.154. The predicted molar refractivity (Wildman–Crippen MR) is 139 cm³/mol. The maximum absolute atomic E-state index is 14.3. The summed E-state index contributed by atoms with van der Waals surface area (Å²) in [5.74, 6) is -1.30. The van der Waals surface area contributed by atoms with Crippen LogP contribution in [0.2, 0.25) is 5.02 Å². The number of benzene rings is 1. The highest BCUT2D eigenvalue weighted by molar-refractivity contribution is 6.31. The second-order valence-corrected chi connectivity index (χ2v) is 9.78. The van der Waals surface area contributed by atoms with Crippen molar-refractivity contribution in [3.8, 4) is 5.88 Å². The Morgan fingerprint density at radius 2 is 1.97 bits per heavy atom. The minimum Gasteiger partial charge on any atom is -0.467 e. The molecule has 0 saturated carbocycles. The van der Waals surface area contributed by atoms with Gasteiger partial charge in [-0.25, -0.2) is 19.3 Å². The topological polar surface area (TPSA) is 105 Å². The average Bonchev–Trinajstić information content (AvgIpc) is 2.86. The van der Waals surface area contributed by atoms with Crippen molar-refractivity contribution in [1.82, 2.24) is 19.9 Å². The van der Waals surface area contributed by atoms with E-state index in [9.17, 15) is 22.4 Å². The third kappa shape index (κ3) is 6.36. The molecule has 0 unspecified atom stereocenters. The highest BCUT2D eigenvalue weighted by Crippen LogP contribution is 2.44. The smallest absolute Gasteiger partial charge is 0.422 e. The van der Waals surface area contributed by atoms with E-state index in [0.29, 0.717) is 18.7 Å². The first-order valence-corrected chi connectivity index (χ1v) is 12.0. The molecule has 2 N–H and O–H groups in total. The number of ether oxygens (including phenoxy) is 1. The van der Waals surface area contributed by atoms with Gasteiger partial charge in [0.2, 0.25) is 23.7 Å². The molecular weight excluding hydrogens is 542 g/mol. The zero-order valence-electron chi connectivity index (χ0n) is 21.2. The molecule has 1 aromatic carbocycles. The summed E-state index contributed by atoms with van der Waals surface area (Å²) in [7, 11) is 0. The number of rotatable bonds is 7. The van der Waals surface area contributed by atoms with Gasteiger partial charge in [-0.3, -0.25) is 4.79 Å². The molecule has 39 heavy (non-hydrogen) atoms. The van der Waals surface area contributed by atoms with Gasteiger partial charge in [0.05, 0.1) is 16.4 Å². The number of alkyl halides is 3. The summed E-state index contributed by atoms with van der Waals surface area (Å²) in [6, 6.07) is 4.25. The maximum Gasteiger partial charge on any atom is 0.422 e. The fraction of sp³-hybridized carbons (Fsp3) is 0.320. The highest BCUT2D eigenvalue weighted by Gasteiger charge is 2.34. The Balaban J connectivity index is 1.71. The highest BCUT2D eigenvalue weighted by atomic mass is 35.5. The Hall–Kier alpha value is -4.00. The van der Waals surface area contributed by atoms with Crippen LogP contribution in [0.25, 0.3) is 0 Å². The van der Waals surface area contributed by atoms with E-state index in [1.165, 1.54) is 31.5 Å². The molecule has 1 amide bonds. The van der Waals surface area contributed by atoms with Crippen molar-refractivity contribution < 1.29 is 27.1 Å². The molecule has 4 rings (SSSR count). The van der Waals surface area contributed by atoms with E-state index in [0.717, 1.165) is 11.6 Å². The maximum atomic E-state index is 14.3. The van der Waals surface area contributed by atoms with Crippen LogP contribution in [0, 0.1) is 12.7 Å². The third-order valence-electron chi connectivity index (χ3n) is 6.06. The third-order valence-corrected chi connectivity index (χ3v) is 6.35. The first-order chi connectivity index (χ1) is 18.3. The molecule has 0 fully saturated rings. The Morgan fingerprint density at radius 1 is 1.23 bits per heavy atom. The lowest BCUT2D eigenvalue weighted by Crippen LogP contribution is -2.35. The first kappa shape index (κ1) is 28.0. The Morgan fingerprint density at radius 3 is 2.67 bits per heavy atom. The van der Waals surface area contributed by atoms with Crippen LogP contribution >= 0.6 is 11.6 Å². The molecule has 9 nitrogen and oxygen atoms in total. The largest absolute Gasteiger partial charge is 0.467 e. The van der Waals surface area contributed by atoms with Crippen molar-refractivity contribution in [2.45, 2.75) is 38.8 Å². The number of aromatic nitrogens is 4. The van der Waals surface area contributed by atoms with Crippen molar-refractivity contribution in [2.75, 3.05) is 28.7 Å². The molecule has 3 aromatic rings. The lowest BCUT2D eigenvalue weighted by Gasteiger charge is -2.39. The number of pyridine rings is 1. The van der Waals surface area contributed by atoms with Gasteiger partial charge in [0.15, 0.2) is 6.61 Å². The van der Waals surface area contributed by atoms with Crippen LogP contribution < -0.4 is 20.3 Å². The molecule has 14 heteroatoms. The second kappa shape index (κ2) is 10.6. The zero-order valence-corrected chi connectivity index (χ0v) is 21.9. The zero-order chi connectivity index (χ0) is 28.5. The standard InChI is InChI=1S/C25H24ClF4N7O2/c1-5-20(38)34-17-10-18(21(33-13(17)2)39-11-25(28,29)30)35-22-31-12-32-23(36-22)37-7-6-24(3,4)14-8-16(27)15(26)9-19(14)37/h5,8-10,12H,1,6-7,11H2,2-4H3,(H,34,38)(H,31,32,35,36). The monoisotopic (exact) mass is 565 g/mol. The van der Waals surface area contributed by atoms with Gasteiger partial charge < -0.3 is 20.3 Å². The summed E-state index contributed by atoms with van der Waals surface area (Å²) < 4.78 is 57.8. The second-order valence-electron chi connectivity index (χ2n) is 9.37. The lowest BCUT2D eigenvalue weighted by atomic mass is 9.77. The molecule has 1 aliphatic heterocycles. The van der Waals surface area contributed by atoms with Gasteiger partial charge in [0.1, 0.15) is 17.8 Å². The molecule has 3 heterocycles. The SMILES string of the molecule is C=CC(=O)Nc1cc(Nc2ncnc(N3CCC(C)(C)c4cc(F)c(Cl)cc43)n2)c(OCC(F)(F)F)nc1C. The molecule has 0 atom stereocenters. The quantitative estimate of drug-likeness (QED) is 0.266. The number of anilines is 5. The van der Waals surface area contributed by atoms with Crippen LogP contribution in [0.3, 0.4) is 0 Å². The molecule has 0 aliphatic carbocycles. The fourth-order valence-corrected chi connectivity index (χ4v) is 4.16. The normalized spacial score (nSPS) is 14.4. The van der Waals surface area contributed by atoms with Crippen molar-refractivity contribution in [2.24, 2.45) is 0 Å². The van der Waals surface area contributed by atoms with E-state index >= 15 is 0 Å². The summed E-state index contributed by atoms with van der Waals surface area (Å²) in [4.78, 5) is 30.4. The molecule has 0 radical (unpaired) electrons. The molecule has 0 spiro atoms. The minimum absolute atomic E-state index is 0.0355. The van der Waals surface area contributed by atoms with Crippen molar-refractivity contribution in [1.29, 1.82) is 0 Å². The number of halogens is 5. The van der Waals surface area contributed by atoms with Crippen LogP contribution in [0.4, 0.5) is 46.5 Å². The summed E-state index contributed by atoms with van der Waals surface area (Å²) in [6.45, 7) is 7.75. The number of carbonyl (C=O) groups is 1. The van der Waals surface area contributed by atoms with Gasteiger partial charge in [0.25, 0.3) is 0 Å². The van der Waals surface area contributed by atoms with E-state index in [4.69, 9.17) is 16.3 Å². The summed E-state index contributed by atoms with van der Waals surface area (Å²) in [5.41, 5.74) is 1.39. The van der Waals surface area contributed by atoms with Crippen molar-refractivity contribution >= 4 is 46.5 Å². The van der Waals surface area contributed by atoms with E-state index in [1.54, 1.807) is 4.90 Å². The summed E-state index contributed by atoms with van der Waals surface area (Å²) >= 11 is 6.08. The Labute approximate surface area is 226 Å². The van der Waals surface area contributed by atoms with E-state index in [2.05, 4.69) is 37.1 Å². The van der Waals surface area contributed by atoms with Crippen LogP contribution in [0.5, 0.6) is 5.88 Å². The molecular formula is C25H24ClF4N7O2. The van der Waals surface area contributed by atoms with Crippen LogP contribution in [0.15, 0.2) is 37.2 Å². The molecule has 1 aliphatic rings. The summed E-state index contributed by atoms with van der Waals surface area (Å²) in [5, 5.41) is 5.28. The Bertz CT molecular complexity index is 1430. The van der Waals surface area contributed by atoms with E-state index in [-0.39, 0.29) is 45.3 Å². The van der Waals surface area contributed by atoms with Gasteiger partial charge in [-0.2, -0.15) is 18.2 Å². The molecule has 0 bridgehead atoms. The average molecular weight is 566 g/mol. The van der Waals surface area contributed by atoms with Gasteiger partial charge in [-0.1, -0.05) is 32.0 Å². The van der Waals surface area contributed by atoms with Gasteiger partial charge in [0, 0.05) is 12.2 Å². The van der Waals surface area contributed by atoms with Crippen LogP contribution in [-0.2, 0) is 10.2 Å². The molecule has 2 aromatic heterocycles. The molecule has 206 valence electrons. The number of fused-ring (bicyclic) bond motifs is 1. The van der Waals surface area contributed by atoms with Crippen LogP contribution in [0.1, 0.15) is 31.5 Å².